The zero-order chi connectivity index (χ0) is 15.5. The number of hydrogen-bond acceptors (Lipinski definition) is 3. The molecule has 5 heteroatoms. The molecule has 0 fully saturated rings. The molecule has 0 saturated heterocycles. The third-order valence-electron chi connectivity index (χ3n) is 3.34. The van der Waals surface area contributed by atoms with Crippen LogP contribution >= 0.6 is 27.3 Å². The number of aryl methyl sites for hydroxylation is 1. The van der Waals surface area contributed by atoms with E-state index in [0.717, 1.165) is 27.3 Å². The summed E-state index contributed by atoms with van der Waals surface area (Å²) < 4.78 is 3.31. The summed E-state index contributed by atoms with van der Waals surface area (Å²) in [6.07, 6.45) is 0. The number of aromatic nitrogens is 2. The minimum Gasteiger partial charge on any atom is -0.317 e. The summed E-state index contributed by atoms with van der Waals surface area (Å²) in [5.41, 5.74) is 3.36. The zero-order valence-corrected chi connectivity index (χ0v) is 14.9. The molecule has 2 aromatic heterocycles. The van der Waals surface area contributed by atoms with Gasteiger partial charge in [0.05, 0.1) is 5.69 Å². The van der Waals surface area contributed by atoms with E-state index in [1.807, 2.05) is 25.1 Å². The molecular weight excluding hydrogens is 358 g/mol. The zero-order valence-electron chi connectivity index (χ0n) is 12.5. The topological polar surface area (TPSA) is 30.2 Å². The van der Waals surface area contributed by atoms with Gasteiger partial charge in [-0.2, -0.15) is 0 Å². The largest absolute Gasteiger partial charge is 0.317 e. The van der Waals surface area contributed by atoms with Gasteiger partial charge >= 0.3 is 0 Å². The molecular formula is C17H16BrN3S. The van der Waals surface area contributed by atoms with Gasteiger partial charge < -0.3 is 4.57 Å². The Hall–Kier alpha value is -1.72. The lowest BCUT2D eigenvalue weighted by Crippen LogP contribution is -2.14. The van der Waals surface area contributed by atoms with Gasteiger partial charge in [-0.1, -0.05) is 34.1 Å². The van der Waals surface area contributed by atoms with E-state index in [1.165, 1.54) is 11.3 Å². The number of halogens is 1. The van der Waals surface area contributed by atoms with Gasteiger partial charge in [-0.05, 0) is 43.7 Å². The van der Waals surface area contributed by atoms with Crippen LogP contribution in [0.15, 0.2) is 57.3 Å². The number of hydrogen-bond donors (Lipinski definition) is 0. The summed E-state index contributed by atoms with van der Waals surface area (Å²) in [5.74, 6) is 0.756. The van der Waals surface area contributed by atoms with Gasteiger partial charge in [0.2, 0.25) is 0 Å². The van der Waals surface area contributed by atoms with E-state index in [9.17, 15) is 0 Å². The summed E-state index contributed by atoms with van der Waals surface area (Å²) in [6.45, 7) is 4.99. The van der Waals surface area contributed by atoms with Crippen LogP contribution in [0.5, 0.6) is 0 Å². The molecule has 0 aliphatic rings. The highest BCUT2D eigenvalue weighted by molar-refractivity contribution is 9.10. The second-order valence-corrected chi connectivity index (χ2v) is 6.66. The molecule has 112 valence electrons. The van der Waals surface area contributed by atoms with Crippen LogP contribution < -0.4 is 4.80 Å². The first kappa shape index (κ1) is 15.2. The van der Waals surface area contributed by atoms with Gasteiger partial charge in [0, 0.05) is 22.1 Å². The summed E-state index contributed by atoms with van der Waals surface area (Å²) in [4.78, 5) is 10.1. The molecule has 0 aliphatic heterocycles. The standard InChI is InChI=1S/C17H16BrN3S/c1-3-21-15(13-7-9-14(18)10-8-13)11-22-17(21)20-16-6-4-5-12(2)19-16/h4-11H,3H2,1-2H3/b20-17-. The molecule has 0 saturated carbocycles. The van der Waals surface area contributed by atoms with Gasteiger partial charge in [0.25, 0.3) is 0 Å². The molecule has 0 aliphatic carbocycles. The van der Waals surface area contributed by atoms with Crippen molar-refractivity contribution in [3.63, 3.8) is 0 Å². The SMILES string of the molecule is CCn1c(-c2ccc(Br)cc2)cs/c1=N\c1cccc(C)n1. The maximum Gasteiger partial charge on any atom is 0.191 e. The lowest BCUT2D eigenvalue weighted by Gasteiger charge is -2.06. The van der Waals surface area contributed by atoms with Crippen molar-refractivity contribution in [3.8, 4) is 11.3 Å². The van der Waals surface area contributed by atoms with Gasteiger partial charge in [0.15, 0.2) is 10.6 Å². The van der Waals surface area contributed by atoms with Crippen LogP contribution in [-0.4, -0.2) is 9.55 Å². The highest BCUT2D eigenvalue weighted by atomic mass is 79.9. The highest BCUT2D eigenvalue weighted by Crippen LogP contribution is 2.22. The Morgan fingerprint density at radius 1 is 1.18 bits per heavy atom. The Balaban J connectivity index is 2.09. The smallest absolute Gasteiger partial charge is 0.191 e. The minimum absolute atomic E-state index is 0.756. The van der Waals surface area contributed by atoms with Crippen LogP contribution in [0.1, 0.15) is 12.6 Å². The molecule has 0 bridgehead atoms. The molecule has 0 radical (unpaired) electrons. The molecule has 3 nitrogen and oxygen atoms in total. The fourth-order valence-corrected chi connectivity index (χ4v) is 3.51. The van der Waals surface area contributed by atoms with Crippen LogP contribution in [0.4, 0.5) is 5.82 Å². The molecule has 0 atom stereocenters. The van der Waals surface area contributed by atoms with Crippen molar-refractivity contribution >= 4 is 33.1 Å². The normalized spacial score (nSPS) is 11.9. The van der Waals surface area contributed by atoms with E-state index in [4.69, 9.17) is 4.99 Å². The lowest BCUT2D eigenvalue weighted by molar-refractivity contribution is 0.744. The molecule has 0 unspecified atom stereocenters. The number of pyridine rings is 1. The van der Waals surface area contributed by atoms with E-state index in [0.29, 0.717) is 0 Å². The monoisotopic (exact) mass is 373 g/mol. The Kier molecular flexibility index (Phi) is 4.55. The first-order chi connectivity index (χ1) is 10.7. The third-order valence-corrected chi connectivity index (χ3v) is 4.73. The first-order valence-electron chi connectivity index (χ1n) is 7.10. The van der Waals surface area contributed by atoms with Crippen LogP contribution in [0.2, 0.25) is 0 Å². The molecule has 2 heterocycles. The maximum atomic E-state index is 4.70. The van der Waals surface area contributed by atoms with Crippen LogP contribution in [0.25, 0.3) is 11.3 Å². The van der Waals surface area contributed by atoms with Crippen LogP contribution in [0.3, 0.4) is 0 Å². The van der Waals surface area contributed by atoms with Crippen molar-refractivity contribution in [2.24, 2.45) is 4.99 Å². The molecule has 3 aromatic rings. The first-order valence-corrected chi connectivity index (χ1v) is 8.77. The minimum atomic E-state index is 0.756. The van der Waals surface area contributed by atoms with E-state index in [1.54, 1.807) is 11.3 Å². The summed E-state index contributed by atoms with van der Waals surface area (Å²) in [5, 5.41) is 2.15. The summed E-state index contributed by atoms with van der Waals surface area (Å²) in [6, 6.07) is 14.3. The van der Waals surface area contributed by atoms with E-state index in [-0.39, 0.29) is 0 Å². The van der Waals surface area contributed by atoms with Crippen LogP contribution in [0, 0.1) is 6.92 Å². The fraction of sp³-hybridized carbons (Fsp3) is 0.176. The highest BCUT2D eigenvalue weighted by Gasteiger charge is 2.07. The average Bonchev–Trinajstić information content (AvgIpc) is 2.90. The van der Waals surface area contributed by atoms with Gasteiger partial charge in [-0.15, -0.1) is 11.3 Å². The maximum absolute atomic E-state index is 4.70. The number of rotatable bonds is 3. The Morgan fingerprint density at radius 3 is 2.64 bits per heavy atom. The quantitative estimate of drug-likeness (QED) is 0.639. The molecule has 0 spiro atoms. The van der Waals surface area contributed by atoms with Gasteiger partial charge in [0.1, 0.15) is 0 Å². The van der Waals surface area contributed by atoms with Crippen molar-refractivity contribution in [3.05, 3.63) is 62.8 Å². The molecule has 0 N–H and O–H groups in total. The summed E-state index contributed by atoms with van der Waals surface area (Å²) >= 11 is 5.12. The van der Waals surface area contributed by atoms with Crippen LogP contribution in [-0.2, 0) is 6.54 Å². The molecule has 22 heavy (non-hydrogen) atoms. The fourth-order valence-electron chi connectivity index (χ4n) is 2.26. The van der Waals surface area contributed by atoms with Crippen molar-refractivity contribution in [2.45, 2.75) is 20.4 Å². The average molecular weight is 374 g/mol. The third kappa shape index (κ3) is 3.20. The van der Waals surface area contributed by atoms with Crippen molar-refractivity contribution in [1.29, 1.82) is 0 Å². The Bertz CT molecular complexity index is 847. The van der Waals surface area contributed by atoms with Crippen molar-refractivity contribution in [1.82, 2.24) is 9.55 Å². The van der Waals surface area contributed by atoms with Crippen molar-refractivity contribution < 1.29 is 0 Å². The van der Waals surface area contributed by atoms with Crippen molar-refractivity contribution in [2.75, 3.05) is 0 Å². The van der Waals surface area contributed by atoms with Gasteiger partial charge in [-0.3, -0.25) is 0 Å². The number of thiazole rings is 1. The lowest BCUT2D eigenvalue weighted by atomic mass is 10.2. The second-order valence-electron chi connectivity index (χ2n) is 4.90. The van der Waals surface area contributed by atoms with E-state index in [2.05, 4.69) is 62.1 Å². The number of nitrogens with zero attached hydrogens (tertiary/aromatic N) is 3. The van der Waals surface area contributed by atoms with E-state index >= 15 is 0 Å². The van der Waals surface area contributed by atoms with Gasteiger partial charge in [-0.25, -0.2) is 9.98 Å². The predicted molar refractivity (Wildman–Crippen MR) is 95.3 cm³/mol. The molecule has 1 aromatic carbocycles. The number of benzene rings is 1. The predicted octanol–water partition coefficient (Wildman–Crippen LogP) is 4.93. The Labute approximate surface area is 142 Å². The summed E-state index contributed by atoms with van der Waals surface area (Å²) in [7, 11) is 0. The van der Waals surface area contributed by atoms with E-state index < -0.39 is 0 Å². The second kappa shape index (κ2) is 6.58. The Morgan fingerprint density at radius 2 is 1.95 bits per heavy atom. The molecule has 3 rings (SSSR count). The molecule has 0 amide bonds.